The van der Waals surface area contributed by atoms with E-state index in [0.29, 0.717) is 12.3 Å². The van der Waals surface area contributed by atoms with E-state index in [1.54, 1.807) is 13.1 Å². The van der Waals surface area contributed by atoms with E-state index in [1.807, 2.05) is 0 Å². The van der Waals surface area contributed by atoms with Crippen LogP contribution in [-0.2, 0) is 21.1 Å². The van der Waals surface area contributed by atoms with Crippen LogP contribution in [-0.4, -0.2) is 40.6 Å². The van der Waals surface area contributed by atoms with Gasteiger partial charge in [-0.1, -0.05) is 12.1 Å². The van der Waals surface area contributed by atoms with Crippen LogP contribution < -0.4 is 15.4 Å². The number of amides is 1. The van der Waals surface area contributed by atoms with E-state index in [4.69, 9.17) is 4.74 Å². The number of carbonyl (C=O) groups is 1. The first kappa shape index (κ1) is 19.3. The Hall–Kier alpha value is -2.45. The fraction of sp³-hybridized carbons (Fsp3) is 0.316. The molecule has 8 heteroatoms. The molecule has 1 heterocycles. The lowest BCUT2D eigenvalue weighted by molar-refractivity contribution is -0.119. The number of fused-ring (bicyclic) bond motifs is 1. The summed E-state index contributed by atoms with van der Waals surface area (Å²) in [5.41, 5.74) is 0.927. The van der Waals surface area contributed by atoms with Crippen molar-refractivity contribution in [3.05, 3.63) is 53.8 Å². The molecule has 0 aromatic heterocycles. The van der Waals surface area contributed by atoms with E-state index in [2.05, 4.69) is 10.6 Å². The van der Waals surface area contributed by atoms with Gasteiger partial charge in [-0.05, 0) is 48.7 Å². The highest BCUT2D eigenvalue weighted by Crippen LogP contribution is 2.32. The van der Waals surface area contributed by atoms with Crippen molar-refractivity contribution in [1.29, 1.82) is 0 Å². The summed E-state index contributed by atoms with van der Waals surface area (Å²) in [6.45, 7) is 0.672. The van der Waals surface area contributed by atoms with E-state index in [-0.39, 0.29) is 28.3 Å². The van der Waals surface area contributed by atoms with Crippen molar-refractivity contribution in [3.8, 4) is 5.75 Å². The summed E-state index contributed by atoms with van der Waals surface area (Å²) < 4.78 is 44.8. The SMILES string of the molecule is CNC(=O)CNCC1CCc2ccc(S(=O)(=O)c3cccc(F)c3)cc2O1. The van der Waals surface area contributed by atoms with Gasteiger partial charge in [-0.2, -0.15) is 0 Å². The maximum atomic E-state index is 13.4. The molecule has 3 rings (SSSR count). The van der Waals surface area contributed by atoms with E-state index < -0.39 is 15.7 Å². The van der Waals surface area contributed by atoms with Crippen LogP contribution in [0.1, 0.15) is 12.0 Å². The van der Waals surface area contributed by atoms with Gasteiger partial charge in [0.25, 0.3) is 0 Å². The standard InChI is InChI=1S/C19H21FN2O4S/c1-21-19(23)12-22-11-15-7-5-13-6-8-17(10-18(13)26-15)27(24,25)16-4-2-3-14(20)9-16/h2-4,6,8-10,15,22H,5,7,11-12H2,1H3,(H,21,23). The van der Waals surface area contributed by atoms with Gasteiger partial charge >= 0.3 is 0 Å². The minimum atomic E-state index is -3.83. The molecular formula is C19H21FN2O4S. The van der Waals surface area contributed by atoms with Gasteiger partial charge in [-0.15, -0.1) is 0 Å². The van der Waals surface area contributed by atoms with Crippen LogP contribution in [0.4, 0.5) is 4.39 Å². The summed E-state index contributed by atoms with van der Waals surface area (Å²) in [6.07, 6.45) is 1.36. The third kappa shape index (κ3) is 4.45. The second-order valence-corrected chi connectivity index (χ2v) is 8.26. The third-order valence-electron chi connectivity index (χ3n) is 4.42. The smallest absolute Gasteiger partial charge is 0.233 e. The van der Waals surface area contributed by atoms with E-state index in [1.165, 1.54) is 30.3 Å². The molecule has 2 N–H and O–H groups in total. The van der Waals surface area contributed by atoms with Crippen LogP contribution in [0.25, 0.3) is 0 Å². The average molecular weight is 392 g/mol. The number of carbonyl (C=O) groups excluding carboxylic acids is 1. The number of nitrogens with one attached hydrogen (secondary N) is 2. The average Bonchev–Trinajstić information content (AvgIpc) is 2.67. The van der Waals surface area contributed by atoms with Crippen molar-refractivity contribution in [3.63, 3.8) is 0 Å². The van der Waals surface area contributed by atoms with Crippen molar-refractivity contribution in [2.24, 2.45) is 0 Å². The normalized spacial score (nSPS) is 16.3. The molecule has 1 atom stereocenters. The lowest BCUT2D eigenvalue weighted by atomic mass is 10.0. The Bertz CT molecular complexity index is 946. The van der Waals surface area contributed by atoms with Gasteiger partial charge < -0.3 is 15.4 Å². The predicted octanol–water partition coefficient (Wildman–Crippen LogP) is 1.69. The molecule has 0 spiro atoms. The zero-order valence-corrected chi connectivity index (χ0v) is 15.7. The molecule has 144 valence electrons. The summed E-state index contributed by atoms with van der Waals surface area (Å²) in [5.74, 6) is -0.215. The molecule has 1 amide bonds. The lowest BCUT2D eigenvalue weighted by Crippen LogP contribution is -2.39. The van der Waals surface area contributed by atoms with Gasteiger partial charge in [0.2, 0.25) is 15.7 Å². The summed E-state index contributed by atoms with van der Waals surface area (Å²) >= 11 is 0. The number of halogens is 1. The molecule has 0 radical (unpaired) electrons. The Morgan fingerprint density at radius 2 is 2.00 bits per heavy atom. The predicted molar refractivity (Wildman–Crippen MR) is 98.0 cm³/mol. The molecule has 0 bridgehead atoms. The monoisotopic (exact) mass is 392 g/mol. The minimum absolute atomic E-state index is 0.0609. The minimum Gasteiger partial charge on any atom is -0.489 e. The fourth-order valence-corrected chi connectivity index (χ4v) is 4.23. The number of hydrogen-bond acceptors (Lipinski definition) is 5. The molecule has 0 aliphatic carbocycles. The van der Waals surface area contributed by atoms with Crippen molar-refractivity contribution >= 4 is 15.7 Å². The molecule has 0 saturated carbocycles. The highest BCUT2D eigenvalue weighted by molar-refractivity contribution is 7.91. The highest BCUT2D eigenvalue weighted by atomic mass is 32.2. The number of benzene rings is 2. The Balaban J connectivity index is 1.77. The topological polar surface area (TPSA) is 84.5 Å². The number of rotatable bonds is 6. The molecule has 0 fully saturated rings. The van der Waals surface area contributed by atoms with Gasteiger partial charge in [0, 0.05) is 13.6 Å². The maximum Gasteiger partial charge on any atom is 0.233 e. The molecule has 1 unspecified atom stereocenters. The molecule has 1 aliphatic rings. The van der Waals surface area contributed by atoms with Crippen molar-refractivity contribution in [2.45, 2.75) is 28.7 Å². The van der Waals surface area contributed by atoms with Crippen LogP contribution in [0.3, 0.4) is 0 Å². The molecule has 27 heavy (non-hydrogen) atoms. The first-order valence-electron chi connectivity index (χ1n) is 8.61. The van der Waals surface area contributed by atoms with E-state index in [0.717, 1.165) is 24.5 Å². The number of hydrogen-bond donors (Lipinski definition) is 2. The van der Waals surface area contributed by atoms with Crippen molar-refractivity contribution in [2.75, 3.05) is 20.1 Å². The molecular weight excluding hydrogens is 371 g/mol. The quantitative estimate of drug-likeness (QED) is 0.782. The number of ether oxygens (including phenoxy) is 1. The van der Waals surface area contributed by atoms with E-state index in [9.17, 15) is 17.6 Å². The summed E-state index contributed by atoms with van der Waals surface area (Å²) in [6, 6.07) is 9.67. The Morgan fingerprint density at radius 3 is 2.74 bits per heavy atom. The number of likely N-dealkylation sites (N-methyl/N-ethyl adjacent to an activating group) is 1. The van der Waals surface area contributed by atoms with Crippen LogP contribution in [0.2, 0.25) is 0 Å². The van der Waals surface area contributed by atoms with Crippen LogP contribution in [0.15, 0.2) is 52.3 Å². The lowest BCUT2D eigenvalue weighted by Gasteiger charge is -2.26. The van der Waals surface area contributed by atoms with E-state index >= 15 is 0 Å². The largest absolute Gasteiger partial charge is 0.489 e. The van der Waals surface area contributed by atoms with Gasteiger partial charge in [-0.25, -0.2) is 12.8 Å². The summed E-state index contributed by atoms with van der Waals surface area (Å²) in [4.78, 5) is 11.2. The first-order chi connectivity index (χ1) is 12.9. The third-order valence-corrected chi connectivity index (χ3v) is 6.17. The fourth-order valence-electron chi connectivity index (χ4n) is 2.92. The van der Waals surface area contributed by atoms with Crippen LogP contribution in [0, 0.1) is 5.82 Å². The van der Waals surface area contributed by atoms with Gasteiger partial charge in [0.05, 0.1) is 16.3 Å². The van der Waals surface area contributed by atoms with Gasteiger partial charge in [0.1, 0.15) is 17.7 Å². The molecule has 0 saturated heterocycles. The van der Waals surface area contributed by atoms with Crippen molar-refractivity contribution in [1.82, 2.24) is 10.6 Å². The zero-order chi connectivity index (χ0) is 19.4. The zero-order valence-electron chi connectivity index (χ0n) is 14.9. The Labute approximate surface area is 157 Å². The van der Waals surface area contributed by atoms with Gasteiger partial charge in [-0.3, -0.25) is 4.79 Å². The second kappa shape index (κ2) is 8.06. The highest BCUT2D eigenvalue weighted by Gasteiger charge is 2.24. The maximum absolute atomic E-state index is 13.4. The molecule has 1 aliphatic heterocycles. The second-order valence-electron chi connectivity index (χ2n) is 6.31. The van der Waals surface area contributed by atoms with Crippen LogP contribution >= 0.6 is 0 Å². The molecule has 6 nitrogen and oxygen atoms in total. The Morgan fingerprint density at radius 1 is 1.22 bits per heavy atom. The number of sulfone groups is 1. The molecule has 2 aromatic carbocycles. The Kier molecular flexibility index (Phi) is 5.76. The van der Waals surface area contributed by atoms with Crippen LogP contribution in [0.5, 0.6) is 5.75 Å². The first-order valence-corrected chi connectivity index (χ1v) is 10.1. The summed E-state index contributed by atoms with van der Waals surface area (Å²) in [7, 11) is -2.27. The molecule has 2 aromatic rings. The number of aryl methyl sites for hydroxylation is 1. The van der Waals surface area contributed by atoms with Gasteiger partial charge in [0.15, 0.2) is 0 Å². The summed E-state index contributed by atoms with van der Waals surface area (Å²) in [5, 5.41) is 5.54. The van der Waals surface area contributed by atoms with Crippen molar-refractivity contribution < 1.29 is 22.3 Å².